The second-order valence-electron chi connectivity index (χ2n) is 6.92. The van der Waals surface area contributed by atoms with Crippen LogP contribution in [0, 0.1) is 5.41 Å². The molecule has 126 valence electrons. The van der Waals surface area contributed by atoms with Gasteiger partial charge >= 0.3 is 0 Å². The fourth-order valence-corrected chi connectivity index (χ4v) is 4.11. The molecule has 1 amide bonds. The van der Waals surface area contributed by atoms with Crippen molar-refractivity contribution in [2.24, 2.45) is 11.1 Å². The average Bonchev–Trinajstić information content (AvgIpc) is 2.54. The van der Waals surface area contributed by atoms with Crippen molar-refractivity contribution in [2.75, 3.05) is 26.3 Å². The molecule has 0 spiro atoms. The predicted octanol–water partition coefficient (Wildman–Crippen LogP) is 2.74. The standard InChI is InChI=1S/C18H25BrN2O2/c19-15-4-1-3-14(11-15)18(5-2-6-18)13-21-16(22)17(12-20)7-9-23-10-8-17/h1,3-4,11H,2,5-10,12-13,20H2,(H,21,22). The lowest BCUT2D eigenvalue weighted by Gasteiger charge is -2.44. The second kappa shape index (κ2) is 6.91. The van der Waals surface area contributed by atoms with E-state index >= 15 is 0 Å². The lowest BCUT2D eigenvalue weighted by atomic mass is 9.64. The van der Waals surface area contributed by atoms with Gasteiger partial charge in [-0.2, -0.15) is 0 Å². The van der Waals surface area contributed by atoms with Crippen LogP contribution in [0.25, 0.3) is 0 Å². The van der Waals surface area contributed by atoms with Gasteiger partial charge in [-0.3, -0.25) is 4.79 Å². The summed E-state index contributed by atoms with van der Waals surface area (Å²) in [4.78, 5) is 12.8. The molecule has 3 N–H and O–H groups in total. The Hall–Kier alpha value is -0.910. The molecule has 0 unspecified atom stereocenters. The van der Waals surface area contributed by atoms with Gasteiger partial charge in [0.2, 0.25) is 5.91 Å². The summed E-state index contributed by atoms with van der Waals surface area (Å²) in [6.45, 7) is 2.35. The topological polar surface area (TPSA) is 64.4 Å². The van der Waals surface area contributed by atoms with E-state index in [0.717, 1.165) is 30.2 Å². The minimum Gasteiger partial charge on any atom is -0.381 e. The van der Waals surface area contributed by atoms with Gasteiger partial charge < -0.3 is 15.8 Å². The Bertz CT molecular complexity index is 566. The molecule has 0 radical (unpaired) electrons. The maximum Gasteiger partial charge on any atom is 0.227 e. The van der Waals surface area contributed by atoms with E-state index in [9.17, 15) is 4.79 Å². The minimum absolute atomic E-state index is 0.0837. The van der Waals surface area contributed by atoms with Crippen molar-refractivity contribution in [1.82, 2.24) is 5.32 Å². The number of rotatable bonds is 5. The number of benzene rings is 1. The van der Waals surface area contributed by atoms with E-state index in [4.69, 9.17) is 10.5 Å². The summed E-state index contributed by atoms with van der Waals surface area (Å²) in [5.41, 5.74) is 6.89. The van der Waals surface area contributed by atoms with Crippen molar-refractivity contribution < 1.29 is 9.53 Å². The number of nitrogens with one attached hydrogen (secondary N) is 1. The highest BCUT2D eigenvalue weighted by Gasteiger charge is 2.42. The fraction of sp³-hybridized carbons (Fsp3) is 0.611. The smallest absolute Gasteiger partial charge is 0.227 e. The van der Waals surface area contributed by atoms with Crippen LogP contribution in [0.2, 0.25) is 0 Å². The van der Waals surface area contributed by atoms with Crippen LogP contribution in [0.1, 0.15) is 37.7 Å². The van der Waals surface area contributed by atoms with Crippen molar-refractivity contribution in [3.63, 3.8) is 0 Å². The fourth-order valence-electron chi connectivity index (χ4n) is 3.71. The van der Waals surface area contributed by atoms with Gasteiger partial charge in [-0.1, -0.05) is 34.5 Å². The van der Waals surface area contributed by atoms with E-state index in [1.807, 2.05) is 6.07 Å². The zero-order valence-electron chi connectivity index (χ0n) is 13.4. The number of ether oxygens (including phenoxy) is 1. The van der Waals surface area contributed by atoms with Gasteiger partial charge in [-0.25, -0.2) is 0 Å². The zero-order valence-corrected chi connectivity index (χ0v) is 15.0. The lowest BCUT2D eigenvalue weighted by molar-refractivity contribution is -0.136. The van der Waals surface area contributed by atoms with Gasteiger partial charge in [-0.05, 0) is 43.4 Å². The summed E-state index contributed by atoms with van der Waals surface area (Å²) in [6, 6.07) is 8.46. The molecule has 1 aliphatic carbocycles. The van der Waals surface area contributed by atoms with Crippen LogP contribution in [0.3, 0.4) is 0 Å². The van der Waals surface area contributed by atoms with E-state index in [0.29, 0.717) is 26.3 Å². The molecule has 0 aromatic heterocycles. The van der Waals surface area contributed by atoms with Crippen molar-refractivity contribution in [2.45, 2.75) is 37.5 Å². The Morgan fingerprint density at radius 2 is 2.00 bits per heavy atom. The van der Waals surface area contributed by atoms with E-state index in [1.165, 1.54) is 12.0 Å². The largest absolute Gasteiger partial charge is 0.381 e. The monoisotopic (exact) mass is 380 g/mol. The van der Waals surface area contributed by atoms with E-state index in [-0.39, 0.29) is 11.3 Å². The molecule has 0 atom stereocenters. The maximum atomic E-state index is 12.8. The van der Waals surface area contributed by atoms with Gasteiger partial charge in [0.25, 0.3) is 0 Å². The van der Waals surface area contributed by atoms with Crippen LogP contribution in [0.5, 0.6) is 0 Å². The van der Waals surface area contributed by atoms with Crippen molar-refractivity contribution in [1.29, 1.82) is 0 Å². The Kier molecular flexibility index (Phi) is 5.09. The van der Waals surface area contributed by atoms with E-state index < -0.39 is 5.41 Å². The molecule has 23 heavy (non-hydrogen) atoms. The number of hydrogen-bond donors (Lipinski definition) is 2. The third kappa shape index (κ3) is 3.32. The molecule has 1 heterocycles. The molecule has 3 rings (SSSR count). The number of carbonyl (C=O) groups is 1. The first-order chi connectivity index (χ1) is 11.1. The number of nitrogens with two attached hydrogens (primary N) is 1. The SMILES string of the molecule is NCC1(C(=O)NCC2(c3cccc(Br)c3)CCC2)CCOCC1. The Balaban J connectivity index is 1.69. The summed E-state index contributed by atoms with van der Waals surface area (Å²) in [5.74, 6) is 0.101. The van der Waals surface area contributed by atoms with Crippen molar-refractivity contribution in [3.05, 3.63) is 34.3 Å². The van der Waals surface area contributed by atoms with Crippen LogP contribution in [-0.4, -0.2) is 32.2 Å². The molecule has 5 heteroatoms. The summed E-state index contributed by atoms with van der Waals surface area (Å²) in [5, 5.41) is 3.22. The van der Waals surface area contributed by atoms with Crippen LogP contribution in [0.4, 0.5) is 0 Å². The molecule has 2 aliphatic rings. The van der Waals surface area contributed by atoms with Crippen molar-refractivity contribution >= 4 is 21.8 Å². The van der Waals surface area contributed by atoms with Gasteiger partial charge in [0.1, 0.15) is 0 Å². The molecule has 1 aliphatic heterocycles. The molecule has 1 saturated heterocycles. The molecule has 2 fully saturated rings. The lowest BCUT2D eigenvalue weighted by Crippen LogP contribution is -2.53. The number of carbonyl (C=O) groups excluding carboxylic acids is 1. The third-order valence-corrected chi connectivity index (χ3v) is 6.15. The maximum absolute atomic E-state index is 12.8. The summed E-state index contributed by atoms with van der Waals surface area (Å²) in [7, 11) is 0. The van der Waals surface area contributed by atoms with Crippen LogP contribution in [-0.2, 0) is 14.9 Å². The number of halogens is 1. The number of hydrogen-bond acceptors (Lipinski definition) is 3. The average molecular weight is 381 g/mol. The summed E-state index contributed by atoms with van der Waals surface area (Å²) >= 11 is 3.55. The molecule has 1 saturated carbocycles. The normalized spacial score (nSPS) is 22.2. The first kappa shape index (κ1) is 16.9. The van der Waals surface area contributed by atoms with Gasteiger partial charge in [-0.15, -0.1) is 0 Å². The van der Waals surface area contributed by atoms with Gasteiger partial charge in [0, 0.05) is 36.2 Å². The molecular formula is C18H25BrN2O2. The van der Waals surface area contributed by atoms with E-state index in [2.05, 4.69) is 39.4 Å². The van der Waals surface area contributed by atoms with Gasteiger partial charge in [0.05, 0.1) is 5.41 Å². The third-order valence-electron chi connectivity index (χ3n) is 5.66. The summed E-state index contributed by atoms with van der Waals surface area (Å²) in [6.07, 6.45) is 4.92. The summed E-state index contributed by atoms with van der Waals surface area (Å²) < 4.78 is 6.49. The molecule has 1 aromatic carbocycles. The second-order valence-corrected chi connectivity index (χ2v) is 7.84. The number of amides is 1. The highest BCUT2D eigenvalue weighted by Crippen LogP contribution is 2.44. The van der Waals surface area contributed by atoms with Crippen LogP contribution >= 0.6 is 15.9 Å². The zero-order chi connectivity index (χ0) is 16.3. The molecule has 4 nitrogen and oxygen atoms in total. The van der Waals surface area contributed by atoms with Crippen LogP contribution < -0.4 is 11.1 Å². The van der Waals surface area contributed by atoms with Gasteiger partial charge in [0.15, 0.2) is 0 Å². The highest BCUT2D eigenvalue weighted by atomic mass is 79.9. The molecule has 0 bridgehead atoms. The highest BCUT2D eigenvalue weighted by molar-refractivity contribution is 9.10. The molecular weight excluding hydrogens is 356 g/mol. The van der Waals surface area contributed by atoms with E-state index in [1.54, 1.807) is 0 Å². The predicted molar refractivity (Wildman–Crippen MR) is 94.2 cm³/mol. The Morgan fingerprint density at radius 3 is 2.57 bits per heavy atom. The van der Waals surface area contributed by atoms with Crippen molar-refractivity contribution in [3.8, 4) is 0 Å². The first-order valence-electron chi connectivity index (χ1n) is 8.42. The minimum atomic E-state index is -0.444. The Labute approximate surface area is 146 Å². The quantitative estimate of drug-likeness (QED) is 0.825. The van der Waals surface area contributed by atoms with Crippen LogP contribution in [0.15, 0.2) is 28.7 Å². The first-order valence-corrected chi connectivity index (χ1v) is 9.22. The Morgan fingerprint density at radius 1 is 1.26 bits per heavy atom. The molecule has 1 aromatic rings.